The Morgan fingerprint density at radius 3 is 2.84 bits per heavy atom. The van der Waals surface area contributed by atoms with Crippen molar-refractivity contribution in [2.45, 2.75) is 24.2 Å². The SMILES string of the molecule is O=S(=O)(NCC1CCCC1CO)c1ccnc(Cl)c1. The maximum absolute atomic E-state index is 12.1. The molecule has 2 atom stereocenters. The molecule has 1 aromatic heterocycles. The summed E-state index contributed by atoms with van der Waals surface area (Å²) in [4.78, 5) is 3.87. The first kappa shape index (κ1) is 14.7. The van der Waals surface area contributed by atoms with Gasteiger partial charge in [-0.1, -0.05) is 18.0 Å². The first-order valence-electron chi connectivity index (χ1n) is 6.25. The van der Waals surface area contributed by atoms with Crippen molar-refractivity contribution >= 4 is 21.6 Å². The van der Waals surface area contributed by atoms with Gasteiger partial charge in [0.05, 0.1) is 4.90 Å². The van der Waals surface area contributed by atoms with Gasteiger partial charge in [-0.05, 0) is 36.8 Å². The molecule has 7 heteroatoms. The number of nitrogens with one attached hydrogen (secondary N) is 1. The summed E-state index contributed by atoms with van der Waals surface area (Å²) in [5.41, 5.74) is 0. The zero-order valence-corrected chi connectivity index (χ0v) is 12.0. The summed E-state index contributed by atoms with van der Waals surface area (Å²) in [6.07, 6.45) is 4.32. The molecule has 5 nitrogen and oxygen atoms in total. The first-order chi connectivity index (χ1) is 9.03. The lowest BCUT2D eigenvalue weighted by Crippen LogP contribution is -2.31. The number of halogens is 1. The summed E-state index contributed by atoms with van der Waals surface area (Å²) < 4.78 is 26.7. The van der Waals surface area contributed by atoms with E-state index in [0.717, 1.165) is 19.3 Å². The zero-order valence-electron chi connectivity index (χ0n) is 10.4. The number of nitrogens with zero attached hydrogens (tertiary/aromatic N) is 1. The monoisotopic (exact) mass is 304 g/mol. The van der Waals surface area contributed by atoms with E-state index in [9.17, 15) is 13.5 Å². The third kappa shape index (κ3) is 3.66. The van der Waals surface area contributed by atoms with Crippen LogP contribution in [-0.2, 0) is 10.0 Å². The van der Waals surface area contributed by atoms with Gasteiger partial charge in [0.1, 0.15) is 5.15 Å². The highest BCUT2D eigenvalue weighted by Crippen LogP contribution is 2.31. The van der Waals surface area contributed by atoms with Crippen molar-refractivity contribution in [2.75, 3.05) is 13.2 Å². The Hall–Kier alpha value is -0.690. The fourth-order valence-electron chi connectivity index (χ4n) is 2.47. The molecule has 1 aliphatic rings. The summed E-state index contributed by atoms with van der Waals surface area (Å²) in [6, 6.07) is 2.73. The average Bonchev–Trinajstić information content (AvgIpc) is 2.84. The normalized spacial score (nSPS) is 23.7. The van der Waals surface area contributed by atoms with Crippen LogP contribution in [0.5, 0.6) is 0 Å². The molecule has 2 N–H and O–H groups in total. The van der Waals surface area contributed by atoms with Crippen LogP contribution in [0.1, 0.15) is 19.3 Å². The number of aromatic nitrogens is 1. The molecule has 1 saturated carbocycles. The summed E-state index contributed by atoms with van der Waals surface area (Å²) >= 11 is 5.69. The topological polar surface area (TPSA) is 79.3 Å². The Balaban J connectivity index is 2.02. The molecule has 1 aromatic rings. The maximum Gasteiger partial charge on any atom is 0.240 e. The van der Waals surface area contributed by atoms with E-state index in [0.29, 0.717) is 6.54 Å². The summed E-state index contributed by atoms with van der Waals surface area (Å²) in [7, 11) is -3.56. The largest absolute Gasteiger partial charge is 0.396 e. The van der Waals surface area contributed by atoms with Crippen molar-refractivity contribution in [2.24, 2.45) is 11.8 Å². The number of sulfonamides is 1. The van der Waals surface area contributed by atoms with Crippen LogP contribution < -0.4 is 4.72 Å². The van der Waals surface area contributed by atoms with Gasteiger partial charge in [0.2, 0.25) is 10.0 Å². The van der Waals surface area contributed by atoms with E-state index in [1.165, 1.54) is 18.3 Å². The Morgan fingerprint density at radius 1 is 1.42 bits per heavy atom. The number of rotatable bonds is 5. The van der Waals surface area contributed by atoms with Crippen LogP contribution in [0.3, 0.4) is 0 Å². The Bertz CT molecular complexity index is 536. The van der Waals surface area contributed by atoms with Gasteiger partial charge in [-0.15, -0.1) is 0 Å². The summed E-state index contributed by atoms with van der Waals surface area (Å²) in [5.74, 6) is 0.404. The van der Waals surface area contributed by atoms with E-state index in [2.05, 4.69) is 9.71 Å². The number of aliphatic hydroxyl groups excluding tert-OH is 1. The van der Waals surface area contributed by atoms with Crippen molar-refractivity contribution in [3.8, 4) is 0 Å². The standard InChI is InChI=1S/C12H17ClN2O3S/c13-12-6-11(4-5-14-12)19(17,18)15-7-9-2-1-3-10(9)8-16/h4-6,9-10,15-16H,1-3,7-8H2. The molecule has 0 aliphatic heterocycles. The van der Waals surface area contributed by atoms with Gasteiger partial charge >= 0.3 is 0 Å². The quantitative estimate of drug-likeness (QED) is 0.806. The number of pyridine rings is 1. The number of hydrogen-bond acceptors (Lipinski definition) is 4. The highest BCUT2D eigenvalue weighted by atomic mass is 35.5. The molecule has 0 spiro atoms. The van der Waals surface area contributed by atoms with Crippen molar-refractivity contribution in [1.29, 1.82) is 0 Å². The predicted molar refractivity (Wildman–Crippen MR) is 72.4 cm³/mol. The molecular formula is C12H17ClN2O3S. The molecule has 0 radical (unpaired) electrons. The molecule has 0 saturated heterocycles. The van der Waals surface area contributed by atoms with E-state index < -0.39 is 10.0 Å². The van der Waals surface area contributed by atoms with Crippen LogP contribution in [0.15, 0.2) is 23.2 Å². The van der Waals surface area contributed by atoms with Gasteiger partial charge < -0.3 is 5.11 Å². The highest BCUT2D eigenvalue weighted by Gasteiger charge is 2.28. The molecule has 106 valence electrons. The second-order valence-electron chi connectivity index (χ2n) is 4.80. The molecular weight excluding hydrogens is 288 g/mol. The van der Waals surface area contributed by atoms with Gasteiger partial charge in [-0.25, -0.2) is 18.1 Å². The smallest absolute Gasteiger partial charge is 0.240 e. The average molecular weight is 305 g/mol. The Labute approximate surface area is 118 Å². The highest BCUT2D eigenvalue weighted by molar-refractivity contribution is 7.89. The lowest BCUT2D eigenvalue weighted by molar-refractivity contribution is 0.195. The van der Waals surface area contributed by atoms with Crippen molar-refractivity contribution in [1.82, 2.24) is 9.71 Å². The van der Waals surface area contributed by atoms with Crippen LogP contribution >= 0.6 is 11.6 Å². The summed E-state index contributed by atoms with van der Waals surface area (Å²) in [6.45, 7) is 0.473. The fraction of sp³-hybridized carbons (Fsp3) is 0.583. The van der Waals surface area contributed by atoms with Gasteiger partial charge in [0, 0.05) is 19.3 Å². The van der Waals surface area contributed by atoms with E-state index >= 15 is 0 Å². The van der Waals surface area contributed by atoms with Crippen LogP contribution in [0.25, 0.3) is 0 Å². The molecule has 1 fully saturated rings. The van der Waals surface area contributed by atoms with E-state index in [1.807, 2.05) is 0 Å². The third-order valence-corrected chi connectivity index (χ3v) is 5.22. The van der Waals surface area contributed by atoms with Crippen LogP contribution in [0.2, 0.25) is 5.15 Å². The van der Waals surface area contributed by atoms with Gasteiger partial charge in [0.25, 0.3) is 0 Å². The van der Waals surface area contributed by atoms with E-state index in [-0.39, 0.29) is 28.5 Å². The molecule has 2 unspecified atom stereocenters. The molecule has 2 rings (SSSR count). The summed E-state index contributed by atoms with van der Waals surface area (Å²) in [5, 5.41) is 9.37. The van der Waals surface area contributed by atoms with Gasteiger partial charge in [-0.3, -0.25) is 0 Å². The molecule has 0 aromatic carbocycles. The number of aliphatic hydroxyl groups is 1. The molecule has 0 amide bonds. The predicted octanol–water partition coefficient (Wildman–Crippen LogP) is 1.42. The lowest BCUT2D eigenvalue weighted by Gasteiger charge is -2.17. The van der Waals surface area contributed by atoms with Crippen molar-refractivity contribution in [3.63, 3.8) is 0 Å². The zero-order chi connectivity index (χ0) is 13.9. The number of hydrogen-bond donors (Lipinski definition) is 2. The Morgan fingerprint density at radius 2 is 2.16 bits per heavy atom. The molecule has 19 heavy (non-hydrogen) atoms. The molecule has 1 heterocycles. The van der Waals surface area contributed by atoms with E-state index in [1.54, 1.807) is 0 Å². The minimum atomic E-state index is -3.56. The lowest BCUT2D eigenvalue weighted by atomic mass is 9.97. The van der Waals surface area contributed by atoms with Crippen molar-refractivity contribution in [3.05, 3.63) is 23.5 Å². The minimum absolute atomic E-state index is 0.117. The third-order valence-electron chi connectivity index (χ3n) is 3.59. The van der Waals surface area contributed by atoms with Crippen LogP contribution in [-0.4, -0.2) is 31.7 Å². The second kappa shape index (κ2) is 6.17. The maximum atomic E-state index is 12.1. The first-order valence-corrected chi connectivity index (χ1v) is 8.11. The fourth-order valence-corrected chi connectivity index (χ4v) is 3.82. The molecule has 1 aliphatic carbocycles. The molecule has 0 bridgehead atoms. The van der Waals surface area contributed by atoms with Crippen molar-refractivity contribution < 1.29 is 13.5 Å². The van der Waals surface area contributed by atoms with Gasteiger partial charge in [-0.2, -0.15) is 0 Å². The van der Waals surface area contributed by atoms with E-state index in [4.69, 9.17) is 11.6 Å². The second-order valence-corrected chi connectivity index (χ2v) is 6.95. The van der Waals surface area contributed by atoms with Gasteiger partial charge in [0.15, 0.2) is 0 Å². The minimum Gasteiger partial charge on any atom is -0.396 e. The van der Waals surface area contributed by atoms with Crippen LogP contribution in [0.4, 0.5) is 0 Å². The Kier molecular flexibility index (Phi) is 4.78. The van der Waals surface area contributed by atoms with Crippen LogP contribution in [0, 0.1) is 11.8 Å².